The first-order chi connectivity index (χ1) is 16.4. The van der Waals surface area contributed by atoms with Crippen molar-refractivity contribution in [2.45, 2.75) is 25.9 Å². The molecule has 10 heteroatoms. The summed E-state index contributed by atoms with van der Waals surface area (Å²) < 4.78 is 49.0. The minimum atomic E-state index is 0.381. The summed E-state index contributed by atoms with van der Waals surface area (Å²) in [4.78, 5) is 0. The van der Waals surface area contributed by atoms with Crippen molar-refractivity contribution >= 4 is 0 Å². The van der Waals surface area contributed by atoms with Crippen molar-refractivity contribution in [1.29, 1.82) is 0 Å². The van der Waals surface area contributed by atoms with Gasteiger partial charge in [0.1, 0.15) is 0 Å². The van der Waals surface area contributed by atoms with Gasteiger partial charge in [0.2, 0.25) is 0 Å². The molecule has 1 aliphatic heterocycles. The monoisotopic (exact) mass is 481 g/mol. The van der Waals surface area contributed by atoms with Gasteiger partial charge in [0.25, 0.3) is 0 Å². The van der Waals surface area contributed by atoms with Crippen LogP contribution < -0.4 is 5.32 Å². The Hall–Kier alpha value is -0.400. The maximum atomic E-state index is 5.77. The predicted molar refractivity (Wildman–Crippen MR) is 124 cm³/mol. The number of piperidine rings is 1. The molecule has 0 amide bonds. The first kappa shape index (κ1) is 30.6. The van der Waals surface area contributed by atoms with Crippen molar-refractivity contribution < 1.29 is 42.6 Å². The normalized spacial score (nSPS) is 14.8. The lowest BCUT2D eigenvalue weighted by Gasteiger charge is -2.22. The third-order valence-corrected chi connectivity index (χ3v) is 4.68. The Bertz CT molecular complexity index is 374. The molecule has 10 nitrogen and oxygen atoms in total. The van der Waals surface area contributed by atoms with E-state index in [1.165, 1.54) is 0 Å². The van der Waals surface area contributed by atoms with Crippen molar-refractivity contribution in [2.24, 2.45) is 0 Å². The van der Waals surface area contributed by atoms with Crippen LogP contribution in [0.25, 0.3) is 0 Å². The van der Waals surface area contributed by atoms with E-state index in [-0.39, 0.29) is 0 Å². The highest BCUT2D eigenvalue weighted by Gasteiger charge is 2.12. The van der Waals surface area contributed by atoms with Crippen LogP contribution in [-0.2, 0) is 42.6 Å². The highest BCUT2D eigenvalue weighted by Crippen LogP contribution is 2.06. The fourth-order valence-electron chi connectivity index (χ4n) is 2.92. The van der Waals surface area contributed by atoms with Crippen molar-refractivity contribution in [3.63, 3.8) is 0 Å². The SMILES string of the molecule is CCOCCOCCOCCOCCOCCOCCOCCOCCOC1CCNCC1. The Balaban J connectivity index is 1.62. The van der Waals surface area contributed by atoms with E-state index >= 15 is 0 Å². The zero-order valence-electron chi connectivity index (χ0n) is 20.6. The molecular weight excluding hydrogens is 434 g/mol. The Morgan fingerprint density at radius 1 is 0.455 bits per heavy atom. The molecule has 0 radical (unpaired) electrons. The molecule has 1 rings (SSSR count). The predicted octanol–water partition coefficient (Wildman–Crippen LogP) is 0.908. The molecule has 0 aliphatic carbocycles. The molecule has 0 aromatic rings. The summed E-state index contributed by atoms with van der Waals surface area (Å²) in [6, 6.07) is 0. The van der Waals surface area contributed by atoms with Crippen LogP contribution in [0.1, 0.15) is 19.8 Å². The summed E-state index contributed by atoms with van der Waals surface area (Å²) >= 11 is 0. The van der Waals surface area contributed by atoms with Crippen molar-refractivity contribution in [3.05, 3.63) is 0 Å². The van der Waals surface area contributed by atoms with Gasteiger partial charge < -0.3 is 47.9 Å². The largest absolute Gasteiger partial charge is 0.379 e. The third kappa shape index (κ3) is 23.1. The summed E-state index contributed by atoms with van der Waals surface area (Å²) in [5, 5.41) is 3.33. The minimum absolute atomic E-state index is 0.381. The summed E-state index contributed by atoms with van der Waals surface area (Å²) in [5.41, 5.74) is 0. The minimum Gasteiger partial charge on any atom is -0.379 e. The van der Waals surface area contributed by atoms with Crippen LogP contribution >= 0.6 is 0 Å². The van der Waals surface area contributed by atoms with Crippen molar-refractivity contribution in [2.75, 3.05) is 125 Å². The van der Waals surface area contributed by atoms with Crippen molar-refractivity contribution in [1.82, 2.24) is 5.32 Å². The summed E-state index contributed by atoms with van der Waals surface area (Å²) in [7, 11) is 0. The molecule has 0 spiro atoms. The molecule has 0 atom stereocenters. The van der Waals surface area contributed by atoms with Crippen molar-refractivity contribution in [3.8, 4) is 0 Å². The van der Waals surface area contributed by atoms with Gasteiger partial charge in [0, 0.05) is 6.61 Å². The number of ether oxygens (including phenoxy) is 9. The molecule has 1 fully saturated rings. The highest BCUT2D eigenvalue weighted by atomic mass is 16.6. The van der Waals surface area contributed by atoms with Crippen LogP contribution in [0.3, 0.4) is 0 Å². The molecular formula is C23H47NO9. The van der Waals surface area contributed by atoms with Gasteiger partial charge >= 0.3 is 0 Å². The van der Waals surface area contributed by atoms with E-state index in [2.05, 4.69) is 5.32 Å². The van der Waals surface area contributed by atoms with Gasteiger partial charge in [0.15, 0.2) is 0 Å². The van der Waals surface area contributed by atoms with E-state index in [4.69, 9.17) is 42.6 Å². The van der Waals surface area contributed by atoms with Crippen LogP contribution in [0.4, 0.5) is 0 Å². The second kappa shape index (κ2) is 26.2. The third-order valence-electron chi connectivity index (χ3n) is 4.68. The maximum absolute atomic E-state index is 5.77. The molecule has 1 saturated heterocycles. The van der Waals surface area contributed by atoms with Gasteiger partial charge in [0.05, 0.1) is 112 Å². The standard InChI is InChI=1S/C23H47NO9/c1-2-25-7-8-26-9-10-27-11-12-28-13-14-29-15-16-30-17-18-31-19-20-32-21-22-33-23-3-5-24-6-4-23/h23-24H,2-22H2,1H3. The molecule has 0 unspecified atom stereocenters. The fourth-order valence-corrected chi connectivity index (χ4v) is 2.92. The molecule has 1 N–H and O–H groups in total. The lowest BCUT2D eigenvalue weighted by Crippen LogP contribution is -2.33. The first-order valence-electron chi connectivity index (χ1n) is 12.4. The fraction of sp³-hybridized carbons (Fsp3) is 1.00. The van der Waals surface area contributed by atoms with Crippen LogP contribution in [0, 0.1) is 0 Å². The number of rotatable bonds is 26. The number of hydrogen-bond donors (Lipinski definition) is 1. The summed E-state index contributed by atoms with van der Waals surface area (Å²) in [5.74, 6) is 0. The van der Waals surface area contributed by atoms with Crippen LogP contribution in [0.2, 0.25) is 0 Å². The second-order valence-corrected chi connectivity index (χ2v) is 7.30. The molecule has 1 heterocycles. The average Bonchev–Trinajstić information content (AvgIpc) is 2.84. The van der Waals surface area contributed by atoms with E-state index < -0.39 is 0 Å². The molecule has 1 aliphatic rings. The van der Waals surface area contributed by atoms with E-state index in [0.29, 0.717) is 112 Å². The Morgan fingerprint density at radius 3 is 1.09 bits per heavy atom. The molecule has 0 bridgehead atoms. The Labute approximate surface area is 199 Å². The smallest absolute Gasteiger partial charge is 0.0704 e. The van der Waals surface area contributed by atoms with E-state index in [1.54, 1.807) is 0 Å². The molecule has 0 aromatic carbocycles. The van der Waals surface area contributed by atoms with Crippen LogP contribution in [0.15, 0.2) is 0 Å². The first-order valence-corrected chi connectivity index (χ1v) is 12.4. The average molecular weight is 482 g/mol. The van der Waals surface area contributed by atoms with Gasteiger partial charge in [-0.25, -0.2) is 0 Å². The van der Waals surface area contributed by atoms with Gasteiger partial charge in [-0.2, -0.15) is 0 Å². The van der Waals surface area contributed by atoms with Crippen LogP contribution in [-0.4, -0.2) is 132 Å². The summed E-state index contributed by atoms with van der Waals surface area (Å²) in [6.07, 6.45) is 2.56. The topological polar surface area (TPSA) is 95.1 Å². The summed E-state index contributed by atoms with van der Waals surface area (Å²) in [6.45, 7) is 13.9. The van der Waals surface area contributed by atoms with Crippen LogP contribution in [0.5, 0.6) is 0 Å². The molecule has 33 heavy (non-hydrogen) atoms. The highest BCUT2D eigenvalue weighted by molar-refractivity contribution is 4.67. The van der Waals surface area contributed by atoms with Gasteiger partial charge in [-0.05, 0) is 32.9 Å². The number of nitrogens with one attached hydrogen (secondary N) is 1. The van der Waals surface area contributed by atoms with Gasteiger partial charge in [-0.3, -0.25) is 0 Å². The zero-order chi connectivity index (χ0) is 23.5. The Morgan fingerprint density at radius 2 is 0.758 bits per heavy atom. The van der Waals surface area contributed by atoms with E-state index in [9.17, 15) is 0 Å². The molecule has 198 valence electrons. The van der Waals surface area contributed by atoms with E-state index in [0.717, 1.165) is 32.5 Å². The zero-order valence-corrected chi connectivity index (χ0v) is 20.6. The molecule has 0 aromatic heterocycles. The number of hydrogen-bond acceptors (Lipinski definition) is 10. The quantitative estimate of drug-likeness (QED) is 0.180. The van der Waals surface area contributed by atoms with E-state index in [1.807, 2.05) is 6.92 Å². The lowest BCUT2D eigenvalue weighted by atomic mass is 10.1. The maximum Gasteiger partial charge on any atom is 0.0704 e. The molecule has 0 saturated carbocycles. The second-order valence-electron chi connectivity index (χ2n) is 7.30. The van der Waals surface area contributed by atoms with Gasteiger partial charge in [-0.15, -0.1) is 0 Å². The lowest BCUT2D eigenvalue weighted by molar-refractivity contribution is -0.0317. The van der Waals surface area contributed by atoms with Gasteiger partial charge in [-0.1, -0.05) is 0 Å². The Kier molecular flexibility index (Phi) is 24.3.